The fourth-order valence-electron chi connectivity index (χ4n) is 1.90. The largest absolute Gasteiger partial charge is 0.369 e. The molecule has 2 aromatic rings. The van der Waals surface area contributed by atoms with Crippen molar-refractivity contribution in [2.75, 3.05) is 37.8 Å². The van der Waals surface area contributed by atoms with Gasteiger partial charge in [-0.2, -0.15) is 0 Å². The van der Waals surface area contributed by atoms with Gasteiger partial charge in [0.1, 0.15) is 17.5 Å². The minimum absolute atomic E-state index is 0.574. The first-order valence-corrected chi connectivity index (χ1v) is 7.65. The van der Waals surface area contributed by atoms with Crippen molar-refractivity contribution in [3.05, 3.63) is 40.1 Å². The van der Waals surface area contributed by atoms with Crippen LogP contribution in [0.4, 0.5) is 17.3 Å². The Morgan fingerprint density at radius 1 is 1.00 bits per heavy atom. The van der Waals surface area contributed by atoms with Crippen LogP contribution in [0.2, 0.25) is 10.0 Å². The predicted octanol–water partition coefficient (Wildman–Crippen LogP) is 3.81. The van der Waals surface area contributed by atoms with E-state index in [0.717, 1.165) is 24.6 Å². The van der Waals surface area contributed by atoms with Crippen molar-refractivity contribution >= 4 is 40.5 Å². The molecular weight excluding hydrogens is 321 g/mol. The molecule has 0 bridgehead atoms. The van der Waals surface area contributed by atoms with Gasteiger partial charge >= 0.3 is 0 Å². The zero-order valence-corrected chi connectivity index (χ0v) is 14.3. The first-order valence-electron chi connectivity index (χ1n) is 6.90. The van der Waals surface area contributed by atoms with Crippen molar-refractivity contribution in [1.82, 2.24) is 14.9 Å². The Morgan fingerprint density at radius 2 is 1.64 bits per heavy atom. The maximum atomic E-state index is 6.00. The molecule has 0 aliphatic carbocycles. The number of hydrogen-bond acceptors (Lipinski definition) is 5. The molecule has 1 aromatic carbocycles. The number of halogens is 2. The summed E-state index contributed by atoms with van der Waals surface area (Å²) >= 11 is 12.0. The van der Waals surface area contributed by atoms with Gasteiger partial charge in [-0.15, -0.1) is 0 Å². The number of aromatic nitrogens is 2. The molecule has 0 unspecified atom stereocenters. The quantitative estimate of drug-likeness (QED) is 0.838. The molecule has 0 radical (unpaired) electrons. The molecule has 2 N–H and O–H groups in total. The summed E-state index contributed by atoms with van der Waals surface area (Å²) in [4.78, 5) is 10.9. The molecule has 0 saturated heterocycles. The summed E-state index contributed by atoms with van der Waals surface area (Å²) < 4.78 is 0. The third-order valence-corrected chi connectivity index (χ3v) is 3.27. The van der Waals surface area contributed by atoms with Crippen LogP contribution in [0, 0.1) is 6.92 Å². The van der Waals surface area contributed by atoms with Gasteiger partial charge in [0.15, 0.2) is 0 Å². The van der Waals surface area contributed by atoms with E-state index in [1.807, 2.05) is 27.1 Å². The van der Waals surface area contributed by atoms with Crippen LogP contribution in [0.3, 0.4) is 0 Å². The van der Waals surface area contributed by atoms with Crippen LogP contribution in [-0.4, -0.2) is 42.1 Å². The highest BCUT2D eigenvalue weighted by Gasteiger charge is 2.04. The van der Waals surface area contributed by atoms with Crippen molar-refractivity contribution in [2.45, 2.75) is 6.92 Å². The van der Waals surface area contributed by atoms with Gasteiger partial charge in [-0.25, -0.2) is 9.97 Å². The summed E-state index contributed by atoms with van der Waals surface area (Å²) in [7, 11) is 4.06. The maximum absolute atomic E-state index is 6.00. The van der Waals surface area contributed by atoms with E-state index in [1.165, 1.54) is 0 Å². The van der Waals surface area contributed by atoms with E-state index in [-0.39, 0.29) is 0 Å². The molecule has 0 atom stereocenters. The molecule has 0 aliphatic heterocycles. The van der Waals surface area contributed by atoms with Gasteiger partial charge in [-0.05, 0) is 39.2 Å². The first-order chi connectivity index (χ1) is 10.4. The average molecular weight is 340 g/mol. The van der Waals surface area contributed by atoms with E-state index < -0.39 is 0 Å². The Balaban J connectivity index is 2.11. The number of likely N-dealkylation sites (N-methyl/N-ethyl adjacent to an activating group) is 1. The van der Waals surface area contributed by atoms with Gasteiger partial charge in [0.05, 0.1) is 0 Å². The maximum Gasteiger partial charge on any atom is 0.136 e. The molecule has 5 nitrogen and oxygen atoms in total. The number of aryl methyl sites for hydroxylation is 1. The predicted molar refractivity (Wildman–Crippen MR) is 93.6 cm³/mol. The van der Waals surface area contributed by atoms with Crippen LogP contribution < -0.4 is 10.6 Å². The molecule has 22 heavy (non-hydrogen) atoms. The molecule has 0 fully saturated rings. The molecule has 118 valence electrons. The molecule has 1 heterocycles. The van der Waals surface area contributed by atoms with Crippen LogP contribution in [0.1, 0.15) is 5.82 Å². The van der Waals surface area contributed by atoms with Gasteiger partial charge < -0.3 is 15.5 Å². The second-order valence-corrected chi connectivity index (χ2v) is 6.07. The topological polar surface area (TPSA) is 53.1 Å². The standard InChI is InChI=1S/C15H19Cl2N5/c1-10-19-14(18-4-5-22(2)3)9-15(20-10)21-13-7-11(16)6-12(17)8-13/h6-9H,4-5H2,1-3H3,(H2,18,19,20,21). The number of hydrogen-bond donors (Lipinski definition) is 2. The summed E-state index contributed by atoms with van der Waals surface area (Å²) in [6.07, 6.45) is 0. The van der Waals surface area contributed by atoms with Crippen LogP contribution in [0.5, 0.6) is 0 Å². The van der Waals surface area contributed by atoms with Crippen molar-refractivity contribution in [2.24, 2.45) is 0 Å². The minimum atomic E-state index is 0.574. The van der Waals surface area contributed by atoms with Crippen molar-refractivity contribution in [3.8, 4) is 0 Å². The SMILES string of the molecule is Cc1nc(NCCN(C)C)cc(Nc2cc(Cl)cc(Cl)c2)n1. The van der Waals surface area contributed by atoms with E-state index in [4.69, 9.17) is 23.2 Å². The molecule has 0 spiro atoms. The highest BCUT2D eigenvalue weighted by Crippen LogP contribution is 2.25. The van der Waals surface area contributed by atoms with Gasteiger partial charge in [-0.3, -0.25) is 0 Å². The van der Waals surface area contributed by atoms with Crippen molar-refractivity contribution < 1.29 is 0 Å². The summed E-state index contributed by atoms with van der Waals surface area (Å²) in [5, 5.41) is 7.62. The molecule has 1 aromatic heterocycles. The summed E-state index contributed by atoms with van der Waals surface area (Å²) in [6.45, 7) is 3.59. The van der Waals surface area contributed by atoms with Crippen LogP contribution in [-0.2, 0) is 0 Å². The molecule has 0 amide bonds. The number of rotatable bonds is 6. The van der Waals surface area contributed by atoms with E-state index >= 15 is 0 Å². The Bertz CT molecular complexity index is 626. The number of nitrogens with zero attached hydrogens (tertiary/aromatic N) is 3. The van der Waals surface area contributed by atoms with Gasteiger partial charge in [-0.1, -0.05) is 23.2 Å². The average Bonchev–Trinajstić information content (AvgIpc) is 2.36. The van der Waals surface area contributed by atoms with Crippen LogP contribution >= 0.6 is 23.2 Å². The smallest absolute Gasteiger partial charge is 0.136 e. The molecule has 0 aliphatic rings. The Morgan fingerprint density at radius 3 is 2.27 bits per heavy atom. The second kappa shape index (κ2) is 7.63. The number of nitrogens with one attached hydrogen (secondary N) is 2. The molecule has 2 rings (SSSR count). The van der Waals surface area contributed by atoms with Gasteiger partial charge in [0.2, 0.25) is 0 Å². The Labute approximate surface area is 140 Å². The van der Waals surface area contributed by atoms with Crippen LogP contribution in [0.15, 0.2) is 24.3 Å². The first kappa shape index (κ1) is 16.8. The Hall–Kier alpha value is -1.56. The fourth-order valence-corrected chi connectivity index (χ4v) is 2.43. The lowest BCUT2D eigenvalue weighted by atomic mass is 10.3. The highest BCUT2D eigenvalue weighted by molar-refractivity contribution is 6.35. The summed E-state index contributed by atoms with van der Waals surface area (Å²) in [5.74, 6) is 2.16. The van der Waals surface area contributed by atoms with E-state index in [0.29, 0.717) is 21.7 Å². The van der Waals surface area contributed by atoms with E-state index in [9.17, 15) is 0 Å². The third-order valence-electron chi connectivity index (χ3n) is 2.84. The lowest BCUT2D eigenvalue weighted by Crippen LogP contribution is -2.21. The molecule has 0 saturated carbocycles. The zero-order valence-electron chi connectivity index (χ0n) is 12.8. The van der Waals surface area contributed by atoms with Crippen LogP contribution in [0.25, 0.3) is 0 Å². The van der Waals surface area contributed by atoms with E-state index in [1.54, 1.807) is 18.2 Å². The number of anilines is 3. The highest BCUT2D eigenvalue weighted by atomic mass is 35.5. The fraction of sp³-hybridized carbons (Fsp3) is 0.333. The lowest BCUT2D eigenvalue weighted by Gasteiger charge is -2.13. The normalized spacial score (nSPS) is 10.8. The molecule has 7 heteroatoms. The second-order valence-electron chi connectivity index (χ2n) is 5.20. The lowest BCUT2D eigenvalue weighted by molar-refractivity contribution is 0.425. The van der Waals surface area contributed by atoms with E-state index in [2.05, 4.69) is 25.5 Å². The van der Waals surface area contributed by atoms with Gasteiger partial charge in [0, 0.05) is 34.9 Å². The number of benzene rings is 1. The minimum Gasteiger partial charge on any atom is -0.369 e. The Kier molecular flexibility index (Phi) is 5.83. The summed E-state index contributed by atoms with van der Waals surface area (Å²) in [6, 6.07) is 7.14. The zero-order chi connectivity index (χ0) is 16.1. The van der Waals surface area contributed by atoms with Gasteiger partial charge in [0.25, 0.3) is 0 Å². The molecular formula is C15H19Cl2N5. The van der Waals surface area contributed by atoms with Crippen molar-refractivity contribution in [3.63, 3.8) is 0 Å². The monoisotopic (exact) mass is 339 g/mol. The third kappa shape index (κ3) is 5.33. The summed E-state index contributed by atoms with van der Waals surface area (Å²) in [5.41, 5.74) is 0.787. The van der Waals surface area contributed by atoms with Crippen molar-refractivity contribution in [1.29, 1.82) is 0 Å².